The lowest BCUT2D eigenvalue weighted by Gasteiger charge is -2.20. The summed E-state index contributed by atoms with van der Waals surface area (Å²) in [6.07, 6.45) is 4.84. The van der Waals surface area contributed by atoms with Crippen molar-refractivity contribution >= 4 is 22.9 Å². The van der Waals surface area contributed by atoms with E-state index < -0.39 is 0 Å². The Morgan fingerprint density at radius 1 is 1.44 bits per heavy atom. The molecule has 104 valence electrons. The summed E-state index contributed by atoms with van der Waals surface area (Å²) in [6.45, 7) is 6.98. The van der Waals surface area contributed by atoms with Crippen LogP contribution in [-0.4, -0.2) is 30.0 Å². The highest BCUT2D eigenvalue weighted by Crippen LogP contribution is 2.14. The maximum Gasteiger partial charge on any atom is 0.0928 e. The number of alkyl halides is 1. The Labute approximate surface area is 120 Å². The normalized spacial score (nSPS) is 13.2. The number of nitrogens with zero attached hydrogens (tertiary/aromatic N) is 2. The van der Waals surface area contributed by atoms with Crippen molar-refractivity contribution in [1.29, 1.82) is 0 Å². The number of hydrogen-bond acceptors (Lipinski definition) is 3. The van der Waals surface area contributed by atoms with Crippen molar-refractivity contribution in [3.05, 3.63) is 16.1 Å². The molecule has 0 radical (unpaired) electrons. The molecule has 0 amide bonds. The van der Waals surface area contributed by atoms with Crippen LogP contribution in [0.25, 0.3) is 0 Å². The van der Waals surface area contributed by atoms with Gasteiger partial charge < -0.3 is 4.90 Å². The summed E-state index contributed by atoms with van der Waals surface area (Å²) in [4.78, 5) is 6.92. The number of thiazole rings is 1. The predicted octanol–water partition coefficient (Wildman–Crippen LogP) is 4.18. The van der Waals surface area contributed by atoms with Crippen LogP contribution in [0.2, 0.25) is 0 Å². The SMILES string of the molecule is CCC(C)CN(C)CCCCc1nc(CCl)cs1. The van der Waals surface area contributed by atoms with Crippen LogP contribution in [0.1, 0.15) is 43.8 Å². The van der Waals surface area contributed by atoms with Gasteiger partial charge in [-0.1, -0.05) is 20.3 Å². The first kappa shape index (κ1) is 15.9. The number of hydrogen-bond donors (Lipinski definition) is 0. The van der Waals surface area contributed by atoms with Gasteiger partial charge in [0, 0.05) is 11.9 Å². The van der Waals surface area contributed by atoms with Gasteiger partial charge in [-0.25, -0.2) is 4.98 Å². The Hall–Kier alpha value is -0.120. The zero-order chi connectivity index (χ0) is 13.4. The van der Waals surface area contributed by atoms with Gasteiger partial charge in [-0.3, -0.25) is 0 Å². The molecule has 0 aromatic carbocycles. The third-order valence-corrected chi connectivity index (χ3v) is 4.47. The van der Waals surface area contributed by atoms with Gasteiger partial charge in [-0.15, -0.1) is 22.9 Å². The van der Waals surface area contributed by atoms with Gasteiger partial charge in [-0.2, -0.15) is 0 Å². The minimum atomic E-state index is 0.536. The average molecular weight is 289 g/mol. The van der Waals surface area contributed by atoms with E-state index in [4.69, 9.17) is 11.6 Å². The molecule has 0 aliphatic carbocycles. The van der Waals surface area contributed by atoms with Crippen LogP contribution in [0, 0.1) is 5.92 Å². The van der Waals surface area contributed by atoms with Gasteiger partial charge in [0.2, 0.25) is 0 Å². The monoisotopic (exact) mass is 288 g/mol. The van der Waals surface area contributed by atoms with E-state index in [9.17, 15) is 0 Å². The minimum absolute atomic E-state index is 0.536. The van der Waals surface area contributed by atoms with Gasteiger partial charge in [0.1, 0.15) is 0 Å². The van der Waals surface area contributed by atoms with Crippen LogP contribution in [0.15, 0.2) is 5.38 Å². The number of unbranched alkanes of at least 4 members (excludes halogenated alkanes) is 1. The Morgan fingerprint density at radius 2 is 2.22 bits per heavy atom. The highest BCUT2D eigenvalue weighted by Gasteiger charge is 2.05. The van der Waals surface area contributed by atoms with Crippen LogP contribution in [0.3, 0.4) is 0 Å². The lowest BCUT2D eigenvalue weighted by Crippen LogP contribution is -2.25. The molecule has 1 rings (SSSR count). The molecule has 0 N–H and O–H groups in total. The number of aromatic nitrogens is 1. The third kappa shape index (κ3) is 6.17. The first-order chi connectivity index (χ1) is 8.65. The second kappa shape index (κ2) is 8.89. The first-order valence-electron chi connectivity index (χ1n) is 6.83. The molecule has 1 heterocycles. The molecule has 0 saturated heterocycles. The maximum absolute atomic E-state index is 5.74. The van der Waals surface area contributed by atoms with Gasteiger partial charge in [0.25, 0.3) is 0 Å². The van der Waals surface area contributed by atoms with E-state index in [2.05, 4.69) is 36.2 Å². The highest BCUT2D eigenvalue weighted by atomic mass is 35.5. The Morgan fingerprint density at radius 3 is 2.83 bits per heavy atom. The van der Waals surface area contributed by atoms with Crippen molar-refractivity contribution in [3.63, 3.8) is 0 Å². The molecule has 1 aromatic rings. The Balaban J connectivity index is 2.11. The predicted molar refractivity (Wildman–Crippen MR) is 81.6 cm³/mol. The summed E-state index contributed by atoms with van der Waals surface area (Å²) >= 11 is 7.48. The Bertz CT molecular complexity index is 327. The minimum Gasteiger partial charge on any atom is -0.306 e. The largest absolute Gasteiger partial charge is 0.306 e. The smallest absolute Gasteiger partial charge is 0.0928 e. The van der Waals surface area contributed by atoms with E-state index in [-0.39, 0.29) is 0 Å². The van der Waals surface area contributed by atoms with Crippen LogP contribution in [-0.2, 0) is 12.3 Å². The second-order valence-electron chi connectivity index (χ2n) is 5.10. The van der Waals surface area contributed by atoms with Crippen molar-refractivity contribution in [2.75, 3.05) is 20.1 Å². The van der Waals surface area contributed by atoms with Crippen molar-refractivity contribution in [2.24, 2.45) is 5.92 Å². The van der Waals surface area contributed by atoms with E-state index in [1.54, 1.807) is 11.3 Å². The van der Waals surface area contributed by atoms with E-state index >= 15 is 0 Å². The molecule has 0 aliphatic rings. The summed E-state index contributed by atoms with van der Waals surface area (Å²) in [5.41, 5.74) is 1.02. The van der Waals surface area contributed by atoms with Crippen molar-refractivity contribution in [2.45, 2.75) is 45.4 Å². The van der Waals surface area contributed by atoms with Crippen LogP contribution >= 0.6 is 22.9 Å². The lowest BCUT2D eigenvalue weighted by molar-refractivity contribution is 0.277. The maximum atomic E-state index is 5.74. The molecule has 2 nitrogen and oxygen atoms in total. The molecule has 18 heavy (non-hydrogen) atoms. The second-order valence-corrected chi connectivity index (χ2v) is 6.31. The molecule has 0 aliphatic heterocycles. The summed E-state index contributed by atoms with van der Waals surface area (Å²) < 4.78 is 0. The molecule has 0 spiro atoms. The van der Waals surface area contributed by atoms with Crippen LogP contribution in [0.5, 0.6) is 0 Å². The molecule has 1 unspecified atom stereocenters. The molecule has 0 fully saturated rings. The molecule has 1 aromatic heterocycles. The van der Waals surface area contributed by atoms with Gasteiger partial charge >= 0.3 is 0 Å². The van der Waals surface area contributed by atoms with Crippen LogP contribution < -0.4 is 0 Å². The van der Waals surface area contributed by atoms with Gasteiger partial charge in [-0.05, 0) is 38.8 Å². The average Bonchev–Trinajstić information content (AvgIpc) is 2.82. The highest BCUT2D eigenvalue weighted by molar-refractivity contribution is 7.09. The van der Waals surface area contributed by atoms with Crippen molar-refractivity contribution < 1.29 is 0 Å². The molecular formula is C14H25ClN2S. The fourth-order valence-electron chi connectivity index (χ4n) is 1.94. The summed E-state index contributed by atoms with van der Waals surface area (Å²) in [5, 5.41) is 3.30. The standard InChI is InChI=1S/C14H25ClN2S/c1-4-12(2)10-17(3)8-6-5-7-14-16-13(9-15)11-18-14/h11-12H,4-10H2,1-3H3. The van der Waals surface area contributed by atoms with E-state index in [0.29, 0.717) is 5.88 Å². The first-order valence-corrected chi connectivity index (χ1v) is 8.24. The van der Waals surface area contributed by atoms with Crippen molar-refractivity contribution in [1.82, 2.24) is 9.88 Å². The topological polar surface area (TPSA) is 16.1 Å². The molecular weight excluding hydrogens is 264 g/mol. The van der Waals surface area contributed by atoms with E-state index in [1.165, 1.54) is 37.4 Å². The third-order valence-electron chi connectivity index (χ3n) is 3.24. The van der Waals surface area contributed by atoms with E-state index in [1.807, 2.05) is 0 Å². The van der Waals surface area contributed by atoms with Crippen molar-refractivity contribution in [3.8, 4) is 0 Å². The van der Waals surface area contributed by atoms with Gasteiger partial charge in [0.15, 0.2) is 0 Å². The number of aryl methyl sites for hydroxylation is 1. The number of halogens is 1. The molecule has 0 saturated carbocycles. The number of rotatable bonds is 9. The molecule has 4 heteroatoms. The summed E-state index contributed by atoms with van der Waals surface area (Å²) in [5.74, 6) is 1.34. The molecule has 0 bridgehead atoms. The fourth-order valence-corrected chi connectivity index (χ4v) is 3.00. The lowest BCUT2D eigenvalue weighted by atomic mass is 10.1. The fraction of sp³-hybridized carbons (Fsp3) is 0.786. The van der Waals surface area contributed by atoms with Gasteiger partial charge in [0.05, 0.1) is 16.6 Å². The quantitative estimate of drug-likeness (QED) is 0.500. The Kier molecular flexibility index (Phi) is 7.87. The summed E-state index contributed by atoms with van der Waals surface area (Å²) in [6, 6.07) is 0. The zero-order valence-corrected chi connectivity index (χ0v) is 13.4. The van der Waals surface area contributed by atoms with Crippen LogP contribution in [0.4, 0.5) is 0 Å². The molecule has 1 atom stereocenters. The van der Waals surface area contributed by atoms with E-state index in [0.717, 1.165) is 18.0 Å². The zero-order valence-electron chi connectivity index (χ0n) is 11.8. The summed E-state index contributed by atoms with van der Waals surface area (Å²) in [7, 11) is 2.22.